The summed E-state index contributed by atoms with van der Waals surface area (Å²) in [5, 5.41) is 2.88. The number of carbonyl (C=O) groups excluding carboxylic acids is 2. The third-order valence-electron chi connectivity index (χ3n) is 3.77. The number of carbonyl (C=O) groups is 2. The molecule has 0 saturated heterocycles. The summed E-state index contributed by atoms with van der Waals surface area (Å²) in [7, 11) is 0. The summed E-state index contributed by atoms with van der Waals surface area (Å²) in [4.78, 5) is 32.2. The Bertz CT molecular complexity index is 691. The van der Waals surface area contributed by atoms with Gasteiger partial charge in [0.15, 0.2) is 6.61 Å². The van der Waals surface area contributed by atoms with Gasteiger partial charge in [0.2, 0.25) is 0 Å². The minimum Gasteiger partial charge on any atom is -0.452 e. The van der Waals surface area contributed by atoms with Crippen molar-refractivity contribution >= 4 is 22.9 Å². The molecule has 6 heteroatoms. The number of hydrogen-bond donors (Lipinski definition) is 1. The second-order valence-corrected chi connectivity index (χ2v) is 5.35. The molecule has 1 N–H and O–H groups in total. The smallest absolute Gasteiger partial charge is 0.340 e. The fourth-order valence-electron chi connectivity index (χ4n) is 2.71. The molecule has 2 aromatic rings. The summed E-state index contributed by atoms with van der Waals surface area (Å²) in [6.45, 7) is -0.272. The van der Waals surface area contributed by atoms with Crippen molar-refractivity contribution in [3.8, 4) is 0 Å². The van der Waals surface area contributed by atoms with Gasteiger partial charge in [-0.05, 0) is 25.0 Å². The van der Waals surface area contributed by atoms with E-state index in [-0.39, 0.29) is 18.6 Å². The van der Waals surface area contributed by atoms with Gasteiger partial charge in [-0.15, -0.1) is 0 Å². The van der Waals surface area contributed by atoms with Gasteiger partial charge in [0.25, 0.3) is 5.91 Å². The molecule has 1 aromatic heterocycles. The molecule has 1 amide bonds. The Kier molecular flexibility index (Phi) is 4.27. The number of fused-ring (bicyclic) bond motifs is 1. The third-order valence-corrected chi connectivity index (χ3v) is 3.77. The molecule has 0 unspecified atom stereocenters. The summed E-state index contributed by atoms with van der Waals surface area (Å²) in [6.07, 6.45) is 7.36. The second kappa shape index (κ2) is 6.51. The molecule has 1 heterocycles. The average Bonchev–Trinajstić information content (AvgIpc) is 3.05. The number of aromatic nitrogens is 2. The molecule has 22 heavy (non-hydrogen) atoms. The highest BCUT2D eigenvalue weighted by molar-refractivity contribution is 6.02. The van der Waals surface area contributed by atoms with Crippen LogP contribution < -0.4 is 5.32 Å². The highest BCUT2D eigenvalue weighted by atomic mass is 16.5. The summed E-state index contributed by atoms with van der Waals surface area (Å²) in [5.74, 6) is -0.820. The highest BCUT2D eigenvalue weighted by Crippen LogP contribution is 2.17. The van der Waals surface area contributed by atoms with E-state index in [0.717, 1.165) is 25.7 Å². The molecule has 0 spiro atoms. The Hall–Kier alpha value is -2.50. The van der Waals surface area contributed by atoms with Gasteiger partial charge in [0, 0.05) is 18.4 Å². The zero-order valence-corrected chi connectivity index (χ0v) is 12.1. The molecule has 1 fully saturated rings. The van der Waals surface area contributed by atoms with Gasteiger partial charge >= 0.3 is 5.97 Å². The molecule has 0 aliphatic heterocycles. The number of nitrogens with zero attached hydrogens (tertiary/aromatic N) is 2. The van der Waals surface area contributed by atoms with E-state index in [2.05, 4.69) is 15.3 Å². The number of ether oxygens (including phenoxy) is 1. The first-order valence-corrected chi connectivity index (χ1v) is 7.40. The first-order valence-electron chi connectivity index (χ1n) is 7.40. The number of amides is 1. The molecule has 114 valence electrons. The maximum atomic E-state index is 12.1. The summed E-state index contributed by atoms with van der Waals surface area (Å²) in [6, 6.07) is 5.32. The highest BCUT2D eigenvalue weighted by Gasteiger charge is 2.19. The predicted molar refractivity (Wildman–Crippen MR) is 80.2 cm³/mol. The molecule has 1 aromatic carbocycles. The molecule has 1 saturated carbocycles. The van der Waals surface area contributed by atoms with E-state index in [1.807, 2.05) is 0 Å². The van der Waals surface area contributed by atoms with Crippen LogP contribution in [0.1, 0.15) is 36.0 Å². The standard InChI is InChI=1S/C16H17N3O3/c20-14(19-11-4-1-2-5-11)10-22-16(21)12-6-3-7-13-15(12)18-9-8-17-13/h3,6-9,11H,1-2,4-5,10H2,(H,19,20). The van der Waals surface area contributed by atoms with Crippen LogP contribution in [-0.4, -0.2) is 34.5 Å². The van der Waals surface area contributed by atoms with E-state index in [9.17, 15) is 9.59 Å². The molecule has 3 rings (SSSR count). The lowest BCUT2D eigenvalue weighted by molar-refractivity contribution is -0.124. The van der Waals surface area contributed by atoms with Crippen LogP contribution in [0.5, 0.6) is 0 Å². The third kappa shape index (κ3) is 3.21. The van der Waals surface area contributed by atoms with Crippen LogP contribution >= 0.6 is 0 Å². The number of para-hydroxylation sites is 1. The fraction of sp³-hybridized carbons (Fsp3) is 0.375. The van der Waals surface area contributed by atoms with Crippen molar-refractivity contribution in [3.63, 3.8) is 0 Å². The summed E-state index contributed by atoms with van der Waals surface area (Å²) < 4.78 is 5.09. The van der Waals surface area contributed by atoms with Crippen LogP contribution in [0.4, 0.5) is 0 Å². The lowest BCUT2D eigenvalue weighted by atomic mass is 10.2. The number of esters is 1. The van der Waals surface area contributed by atoms with E-state index < -0.39 is 5.97 Å². The molecular weight excluding hydrogens is 282 g/mol. The van der Waals surface area contributed by atoms with Crippen molar-refractivity contribution in [3.05, 3.63) is 36.2 Å². The van der Waals surface area contributed by atoms with Crippen molar-refractivity contribution in [1.29, 1.82) is 0 Å². The zero-order valence-electron chi connectivity index (χ0n) is 12.1. The Balaban J connectivity index is 1.62. The number of nitrogens with one attached hydrogen (secondary N) is 1. The molecule has 0 atom stereocenters. The maximum absolute atomic E-state index is 12.1. The van der Waals surface area contributed by atoms with Crippen molar-refractivity contribution in [2.75, 3.05) is 6.61 Å². The lowest BCUT2D eigenvalue weighted by Gasteiger charge is -2.12. The monoisotopic (exact) mass is 299 g/mol. The van der Waals surface area contributed by atoms with E-state index in [4.69, 9.17) is 4.74 Å². The van der Waals surface area contributed by atoms with Gasteiger partial charge in [-0.3, -0.25) is 14.8 Å². The van der Waals surface area contributed by atoms with Gasteiger partial charge in [-0.25, -0.2) is 4.79 Å². The summed E-state index contributed by atoms with van der Waals surface area (Å²) >= 11 is 0. The Morgan fingerprint density at radius 2 is 1.95 bits per heavy atom. The summed E-state index contributed by atoms with van der Waals surface area (Å²) in [5.41, 5.74) is 1.41. The lowest BCUT2D eigenvalue weighted by Crippen LogP contribution is -2.35. The normalized spacial score (nSPS) is 14.9. The van der Waals surface area contributed by atoms with Gasteiger partial charge in [0.05, 0.1) is 11.1 Å². The van der Waals surface area contributed by atoms with Crippen LogP contribution in [0.3, 0.4) is 0 Å². The molecule has 1 aliphatic carbocycles. The van der Waals surface area contributed by atoms with Gasteiger partial charge < -0.3 is 10.1 Å². The van der Waals surface area contributed by atoms with Gasteiger partial charge in [-0.2, -0.15) is 0 Å². The van der Waals surface area contributed by atoms with E-state index in [1.165, 1.54) is 6.20 Å². The number of hydrogen-bond acceptors (Lipinski definition) is 5. The van der Waals surface area contributed by atoms with Crippen LogP contribution in [0.25, 0.3) is 11.0 Å². The van der Waals surface area contributed by atoms with Gasteiger partial charge in [0.1, 0.15) is 5.52 Å². The Morgan fingerprint density at radius 1 is 1.18 bits per heavy atom. The van der Waals surface area contributed by atoms with E-state index >= 15 is 0 Å². The van der Waals surface area contributed by atoms with Crippen molar-refractivity contribution in [2.45, 2.75) is 31.7 Å². The predicted octanol–water partition coefficient (Wildman–Crippen LogP) is 1.85. The minimum atomic E-state index is -0.562. The molecular formula is C16H17N3O3. The van der Waals surface area contributed by atoms with Crippen LogP contribution in [0, 0.1) is 0 Å². The molecule has 1 aliphatic rings. The van der Waals surface area contributed by atoms with E-state index in [0.29, 0.717) is 16.6 Å². The average molecular weight is 299 g/mol. The maximum Gasteiger partial charge on any atom is 0.340 e. The van der Waals surface area contributed by atoms with Crippen LogP contribution in [0.15, 0.2) is 30.6 Å². The van der Waals surface area contributed by atoms with Gasteiger partial charge in [-0.1, -0.05) is 18.9 Å². The fourth-order valence-corrected chi connectivity index (χ4v) is 2.71. The first-order chi connectivity index (χ1) is 10.7. The largest absolute Gasteiger partial charge is 0.452 e. The van der Waals surface area contributed by atoms with Crippen LogP contribution in [-0.2, 0) is 9.53 Å². The SMILES string of the molecule is O=C(COC(=O)c1cccc2nccnc12)NC1CCCC1. The molecule has 0 radical (unpaired) electrons. The number of benzene rings is 1. The Labute approximate surface area is 127 Å². The quantitative estimate of drug-likeness (QED) is 0.871. The molecule has 0 bridgehead atoms. The van der Waals surface area contributed by atoms with Crippen LogP contribution in [0.2, 0.25) is 0 Å². The van der Waals surface area contributed by atoms with Crippen molar-refractivity contribution < 1.29 is 14.3 Å². The zero-order chi connectivity index (χ0) is 15.4. The second-order valence-electron chi connectivity index (χ2n) is 5.35. The molecule has 6 nitrogen and oxygen atoms in total. The number of rotatable bonds is 4. The minimum absolute atomic E-state index is 0.217. The van der Waals surface area contributed by atoms with Crippen molar-refractivity contribution in [2.24, 2.45) is 0 Å². The Morgan fingerprint density at radius 3 is 2.77 bits per heavy atom. The first kappa shape index (κ1) is 14.4. The van der Waals surface area contributed by atoms with E-state index in [1.54, 1.807) is 24.4 Å². The topological polar surface area (TPSA) is 81.2 Å². The van der Waals surface area contributed by atoms with Crippen molar-refractivity contribution in [1.82, 2.24) is 15.3 Å².